The van der Waals surface area contributed by atoms with Gasteiger partial charge < -0.3 is 20.1 Å². The number of amides is 2. The largest absolute Gasteiger partial charge is 0.493 e. The van der Waals surface area contributed by atoms with E-state index in [1.807, 2.05) is 25.1 Å². The lowest BCUT2D eigenvalue weighted by Gasteiger charge is -2.20. The molecule has 2 amide bonds. The lowest BCUT2D eigenvalue weighted by atomic mass is 10.1. The summed E-state index contributed by atoms with van der Waals surface area (Å²) in [6.07, 6.45) is 0.570. The molecule has 4 aromatic carbocycles. The van der Waals surface area contributed by atoms with E-state index in [-0.39, 0.29) is 10.8 Å². The fourth-order valence-corrected chi connectivity index (χ4v) is 5.46. The summed E-state index contributed by atoms with van der Waals surface area (Å²) in [5.74, 6) is 0.478. The number of aryl methyl sites for hydroxylation is 1. The Hall–Kier alpha value is -4.83. The minimum Gasteiger partial charge on any atom is -0.493 e. The number of carbonyl (C=O) groups is 2. The van der Waals surface area contributed by atoms with Gasteiger partial charge in [-0.3, -0.25) is 13.9 Å². The molecular formula is C32H33N3O6S. The zero-order chi connectivity index (χ0) is 30.3. The van der Waals surface area contributed by atoms with Gasteiger partial charge in [-0.1, -0.05) is 35.9 Å². The van der Waals surface area contributed by atoms with Crippen molar-refractivity contribution in [3.05, 3.63) is 113 Å². The zero-order valence-corrected chi connectivity index (χ0v) is 24.7. The highest BCUT2D eigenvalue weighted by molar-refractivity contribution is 7.92. The lowest BCUT2D eigenvalue weighted by Crippen LogP contribution is -2.27. The number of anilines is 2. The van der Waals surface area contributed by atoms with Gasteiger partial charge in [0.25, 0.3) is 21.8 Å². The Morgan fingerprint density at radius 1 is 0.810 bits per heavy atom. The van der Waals surface area contributed by atoms with Crippen LogP contribution in [-0.2, 0) is 16.4 Å². The molecule has 0 aliphatic heterocycles. The molecule has 0 bridgehead atoms. The second-order valence-corrected chi connectivity index (χ2v) is 11.5. The van der Waals surface area contributed by atoms with Gasteiger partial charge in [0.05, 0.1) is 36.1 Å². The summed E-state index contributed by atoms with van der Waals surface area (Å²) in [4.78, 5) is 26.2. The number of nitrogens with zero attached hydrogens (tertiary/aromatic N) is 1. The van der Waals surface area contributed by atoms with Crippen LogP contribution in [0.3, 0.4) is 0 Å². The van der Waals surface area contributed by atoms with E-state index < -0.39 is 15.9 Å². The highest BCUT2D eigenvalue weighted by Gasteiger charge is 2.21. The van der Waals surface area contributed by atoms with E-state index in [9.17, 15) is 18.0 Å². The van der Waals surface area contributed by atoms with Gasteiger partial charge in [-0.15, -0.1) is 0 Å². The number of nitrogens with one attached hydrogen (secondary N) is 2. The number of ether oxygens (including phenoxy) is 2. The van der Waals surface area contributed by atoms with Crippen LogP contribution in [0.25, 0.3) is 0 Å². The zero-order valence-electron chi connectivity index (χ0n) is 23.9. The first-order chi connectivity index (χ1) is 20.1. The lowest BCUT2D eigenvalue weighted by molar-refractivity contribution is 0.0955. The van der Waals surface area contributed by atoms with E-state index in [0.717, 1.165) is 11.1 Å². The predicted molar refractivity (Wildman–Crippen MR) is 163 cm³/mol. The molecule has 0 atom stereocenters. The first-order valence-corrected chi connectivity index (χ1v) is 14.6. The highest BCUT2D eigenvalue weighted by Crippen LogP contribution is 2.28. The molecule has 0 saturated heterocycles. The van der Waals surface area contributed by atoms with Gasteiger partial charge in [-0.25, -0.2) is 8.42 Å². The van der Waals surface area contributed by atoms with Gasteiger partial charge in [-0.2, -0.15) is 0 Å². The molecule has 0 saturated carbocycles. The molecule has 0 radical (unpaired) electrons. The molecule has 42 heavy (non-hydrogen) atoms. The van der Waals surface area contributed by atoms with Gasteiger partial charge in [0.15, 0.2) is 11.5 Å². The average molecular weight is 588 g/mol. The van der Waals surface area contributed by atoms with Crippen molar-refractivity contribution >= 4 is 33.2 Å². The van der Waals surface area contributed by atoms with Crippen molar-refractivity contribution in [1.29, 1.82) is 0 Å². The third-order valence-electron chi connectivity index (χ3n) is 6.74. The summed E-state index contributed by atoms with van der Waals surface area (Å²) in [6, 6.07) is 25.1. The molecule has 0 heterocycles. The Morgan fingerprint density at radius 2 is 1.48 bits per heavy atom. The normalized spacial score (nSPS) is 11.0. The molecule has 4 aromatic rings. The molecule has 9 nitrogen and oxygen atoms in total. The molecule has 10 heteroatoms. The molecule has 0 aromatic heterocycles. The Kier molecular flexibility index (Phi) is 9.49. The number of benzene rings is 4. The van der Waals surface area contributed by atoms with Crippen LogP contribution in [0.1, 0.15) is 31.8 Å². The van der Waals surface area contributed by atoms with Crippen LogP contribution < -0.4 is 24.4 Å². The van der Waals surface area contributed by atoms with Crippen LogP contribution in [0.15, 0.2) is 95.9 Å². The average Bonchev–Trinajstić information content (AvgIpc) is 3.01. The van der Waals surface area contributed by atoms with Crippen molar-refractivity contribution in [3.63, 3.8) is 0 Å². The maximum atomic E-state index is 13.0. The van der Waals surface area contributed by atoms with E-state index in [0.29, 0.717) is 47.0 Å². The molecule has 0 fully saturated rings. The summed E-state index contributed by atoms with van der Waals surface area (Å²) in [5.41, 5.74) is 3.31. The molecule has 4 rings (SSSR count). The van der Waals surface area contributed by atoms with Gasteiger partial charge in [-0.05, 0) is 79.6 Å². The van der Waals surface area contributed by atoms with Crippen molar-refractivity contribution in [2.45, 2.75) is 18.2 Å². The maximum absolute atomic E-state index is 13.0. The topological polar surface area (TPSA) is 114 Å². The second kappa shape index (κ2) is 13.2. The van der Waals surface area contributed by atoms with Crippen molar-refractivity contribution in [2.24, 2.45) is 0 Å². The summed E-state index contributed by atoms with van der Waals surface area (Å²) in [5, 5.41) is 5.68. The molecule has 218 valence electrons. The second-order valence-electron chi connectivity index (χ2n) is 9.53. The number of hydrogen-bond donors (Lipinski definition) is 2. The van der Waals surface area contributed by atoms with Crippen molar-refractivity contribution in [1.82, 2.24) is 5.32 Å². The fourth-order valence-electron chi connectivity index (χ4n) is 4.27. The number of hydrogen-bond acceptors (Lipinski definition) is 6. The highest BCUT2D eigenvalue weighted by atomic mass is 32.2. The smallest absolute Gasteiger partial charge is 0.264 e. The first-order valence-electron chi connectivity index (χ1n) is 13.2. The van der Waals surface area contributed by atoms with Crippen LogP contribution >= 0.6 is 0 Å². The molecule has 2 N–H and O–H groups in total. The van der Waals surface area contributed by atoms with E-state index in [1.165, 1.54) is 23.5 Å². The SMILES string of the molecule is COc1ccc(CCNC(=O)c2ccccc2NC(=O)c2ccc(N(C)S(=O)(=O)c3ccc(C)cc3)cc2)cc1OC. The Labute approximate surface area is 246 Å². The summed E-state index contributed by atoms with van der Waals surface area (Å²) in [7, 11) is 0.841. The molecule has 0 unspecified atom stereocenters. The molecule has 0 aliphatic rings. The van der Waals surface area contributed by atoms with E-state index in [2.05, 4.69) is 10.6 Å². The third kappa shape index (κ3) is 6.90. The number of methoxy groups -OCH3 is 2. The monoisotopic (exact) mass is 587 g/mol. The summed E-state index contributed by atoms with van der Waals surface area (Å²) in [6.45, 7) is 2.26. The van der Waals surface area contributed by atoms with Crippen LogP contribution in [0, 0.1) is 6.92 Å². The summed E-state index contributed by atoms with van der Waals surface area (Å²) >= 11 is 0. The molecular weight excluding hydrogens is 554 g/mol. The van der Waals surface area contributed by atoms with Crippen molar-refractivity contribution in [3.8, 4) is 11.5 Å². The Balaban J connectivity index is 1.40. The van der Waals surface area contributed by atoms with Gasteiger partial charge in [0.1, 0.15) is 0 Å². The fraction of sp³-hybridized carbons (Fsp3) is 0.188. The number of sulfonamides is 1. The standard InChI is InChI=1S/C32H33N3O6S/c1-22-9-16-26(17-10-22)42(38,39)35(2)25-14-12-24(13-15-25)31(36)34-28-8-6-5-7-27(28)32(37)33-20-19-23-11-18-29(40-3)30(21-23)41-4/h5-18,21H,19-20H2,1-4H3,(H,33,37)(H,34,36). The number of para-hydroxylation sites is 1. The molecule has 0 spiro atoms. The van der Waals surface area contributed by atoms with Crippen LogP contribution in [0.4, 0.5) is 11.4 Å². The Bertz CT molecular complexity index is 1670. The van der Waals surface area contributed by atoms with Crippen LogP contribution in [0.5, 0.6) is 11.5 Å². The van der Waals surface area contributed by atoms with E-state index >= 15 is 0 Å². The maximum Gasteiger partial charge on any atom is 0.264 e. The quantitative estimate of drug-likeness (QED) is 0.254. The number of rotatable bonds is 11. The van der Waals surface area contributed by atoms with Crippen LogP contribution in [0.2, 0.25) is 0 Å². The number of carbonyl (C=O) groups excluding carboxylic acids is 2. The van der Waals surface area contributed by atoms with Gasteiger partial charge >= 0.3 is 0 Å². The van der Waals surface area contributed by atoms with Crippen LogP contribution in [-0.4, -0.2) is 48.0 Å². The van der Waals surface area contributed by atoms with Gasteiger partial charge in [0.2, 0.25) is 0 Å². The van der Waals surface area contributed by atoms with E-state index in [4.69, 9.17) is 9.47 Å². The first kappa shape index (κ1) is 30.1. The molecule has 0 aliphatic carbocycles. The predicted octanol–water partition coefficient (Wildman–Crippen LogP) is 5.06. The van der Waals surface area contributed by atoms with Gasteiger partial charge in [0, 0.05) is 19.2 Å². The third-order valence-corrected chi connectivity index (χ3v) is 8.54. The summed E-state index contributed by atoms with van der Waals surface area (Å²) < 4.78 is 37.8. The minimum absolute atomic E-state index is 0.177. The minimum atomic E-state index is -3.76. The van der Waals surface area contributed by atoms with E-state index in [1.54, 1.807) is 74.9 Å². The van der Waals surface area contributed by atoms with Crippen molar-refractivity contribution < 1.29 is 27.5 Å². The Morgan fingerprint density at radius 3 is 2.14 bits per heavy atom. The van der Waals surface area contributed by atoms with Crippen molar-refractivity contribution in [2.75, 3.05) is 37.4 Å².